The van der Waals surface area contributed by atoms with Gasteiger partial charge in [0, 0.05) is 24.9 Å². The van der Waals surface area contributed by atoms with Crippen LogP contribution in [-0.2, 0) is 6.42 Å². The third kappa shape index (κ3) is 2.89. The van der Waals surface area contributed by atoms with Crippen LogP contribution in [0, 0.1) is 0 Å². The lowest BCUT2D eigenvalue weighted by molar-refractivity contribution is 0.228. The predicted octanol–water partition coefficient (Wildman–Crippen LogP) is 2.60. The lowest BCUT2D eigenvalue weighted by atomic mass is 10.1. The van der Waals surface area contributed by atoms with Crippen molar-refractivity contribution in [3.63, 3.8) is 0 Å². The number of ether oxygens (including phenoxy) is 1. The van der Waals surface area contributed by atoms with Gasteiger partial charge in [-0.1, -0.05) is 25.1 Å². The number of fused-ring (bicyclic) bond motifs is 1. The van der Waals surface area contributed by atoms with Gasteiger partial charge in [-0.25, -0.2) is 0 Å². The maximum absolute atomic E-state index is 6.04. The summed E-state index contributed by atoms with van der Waals surface area (Å²) in [6.07, 6.45) is 2.26. The molecule has 0 spiro atoms. The fourth-order valence-electron chi connectivity index (χ4n) is 1.91. The number of hydrogen-bond donors (Lipinski definition) is 1. The maximum Gasteiger partial charge on any atom is 0.123 e. The first-order valence-corrected chi connectivity index (χ1v) is 6.32. The molecule has 16 heavy (non-hydrogen) atoms. The maximum atomic E-state index is 6.04. The van der Waals surface area contributed by atoms with Gasteiger partial charge in [-0.15, -0.1) is 11.6 Å². The molecule has 1 heterocycles. The van der Waals surface area contributed by atoms with Crippen molar-refractivity contribution in [1.82, 2.24) is 5.32 Å². The summed E-state index contributed by atoms with van der Waals surface area (Å²) in [5.41, 5.74) is 1.31. The van der Waals surface area contributed by atoms with E-state index in [1.165, 1.54) is 5.56 Å². The minimum Gasteiger partial charge on any atom is -0.488 e. The van der Waals surface area contributed by atoms with Gasteiger partial charge in [-0.2, -0.15) is 0 Å². The fraction of sp³-hybridized carbons (Fsp3) is 0.538. The molecule has 0 radical (unpaired) electrons. The molecule has 2 atom stereocenters. The van der Waals surface area contributed by atoms with Crippen LogP contribution in [-0.4, -0.2) is 24.6 Å². The molecule has 1 aromatic carbocycles. The molecule has 0 fully saturated rings. The zero-order valence-electron chi connectivity index (χ0n) is 9.58. The Balaban J connectivity index is 1.75. The van der Waals surface area contributed by atoms with Crippen molar-refractivity contribution in [1.29, 1.82) is 0 Å². The smallest absolute Gasteiger partial charge is 0.123 e. The Morgan fingerprint density at radius 2 is 2.31 bits per heavy atom. The summed E-state index contributed by atoms with van der Waals surface area (Å²) in [7, 11) is 0. The average molecular weight is 240 g/mol. The first kappa shape index (κ1) is 11.7. The highest BCUT2D eigenvalue weighted by Gasteiger charge is 2.21. The number of benzene rings is 1. The van der Waals surface area contributed by atoms with E-state index in [1.54, 1.807) is 0 Å². The van der Waals surface area contributed by atoms with E-state index in [0.717, 1.165) is 31.7 Å². The third-order valence-corrected chi connectivity index (χ3v) is 3.36. The number of para-hydroxylation sites is 1. The highest BCUT2D eigenvalue weighted by molar-refractivity contribution is 6.20. The van der Waals surface area contributed by atoms with Crippen molar-refractivity contribution < 1.29 is 4.74 Å². The molecule has 0 saturated carbocycles. The third-order valence-electron chi connectivity index (χ3n) is 2.89. The monoisotopic (exact) mass is 239 g/mol. The van der Waals surface area contributed by atoms with E-state index in [-0.39, 0.29) is 11.5 Å². The lowest BCUT2D eigenvalue weighted by Gasteiger charge is -2.13. The normalized spacial score (nSPS) is 20.2. The summed E-state index contributed by atoms with van der Waals surface area (Å²) in [5.74, 6) is 1.03. The standard InChI is InChI=1S/C13H18ClNO/c1-2-11(14)8-15-9-12-7-10-5-3-4-6-13(10)16-12/h3-6,11-12,15H,2,7-9H2,1H3. The molecule has 2 unspecified atom stereocenters. The van der Waals surface area contributed by atoms with Gasteiger partial charge in [0.2, 0.25) is 0 Å². The topological polar surface area (TPSA) is 21.3 Å². The molecule has 3 heteroatoms. The quantitative estimate of drug-likeness (QED) is 0.798. The van der Waals surface area contributed by atoms with E-state index >= 15 is 0 Å². The van der Waals surface area contributed by atoms with Gasteiger partial charge in [0.05, 0.1) is 0 Å². The second-order valence-electron chi connectivity index (χ2n) is 4.22. The van der Waals surface area contributed by atoms with Gasteiger partial charge >= 0.3 is 0 Å². The van der Waals surface area contributed by atoms with Crippen LogP contribution < -0.4 is 10.1 Å². The Bertz CT molecular complexity index is 317. The molecule has 1 aliphatic heterocycles. The van der Waals surface area contributed by atoms with E-state index in [0.29, 0.717) is 0 Å². The molecule has 2 nitrogen and oxygen atoms in total. The van der Waals surface area contributed by atoms with Gasteiger partial charge in [0.15, 0.2) is 0 Å². The van der Waals surface area contributed by atoms with Crippen LogP contribution in [0.2, 0.25) is 0 Å². The molecule has 0 saturated heterocycles. The van der Waals surface area contributed by atoms with E-state index in [4.69, 9.17) is 16.3 Å². The lowest BCUT2D eigenvalue weighted by Crippen LogP contribution is -2.33. The Morgan fingerprint density at radius 3 is 3.06 bits per heavy atom. The van der Waals surface area contributed by atoms with Gasteiger partial charge in [0.25, 0.3) is 0 Å². The second-order valence-corrected chi connectivity index (χ2v) is 4.83. The largest absolute Gasteiger partial charge is 0.488 e. The van der Waals surface area contributed by atoms with Gasteiger partial charge in [-0.05, 0) is 18.1 Å². The van der Waals surface area contributed by atoms with E-state index in [2.05, 4.69) is 24.4 Å². The van der Waals surface area contributed by atoms with Crippen LogP contribution in [0.15, 0.2) is 24.3 Å². The highest BCUT2D eigenvalue weighted by atomic mass is 35.5. The van der Waals surface area contributed by atoms with E-state index in [1.807, 2.05) is 12.1 Å². The highest BCUT2D eigenvalue weighted by Crippen LogP contribution is 2.27. The Labute approximate surface area is 102 Å². The number of alkyl halides is 1. The molecular weight excluding hydrogens is 222 g/mol. The summed E-state index contributed by atoms with van der Waals surface area (Å²) in [6, 6.07) is 8.24. The van der Waals surface area contributed by atoms with Gasteiger partial charge in [0.1, 0.15) is 11.9 Å². The van der Waals surface area contributed by atoms with Crippen LogP contribution in [0.1, 0.15) is 18.9 Å². The summed E-state index contributed by atoms with van der Waals surface area (Å²) < 4.78 is 5.82. The molecule has 1 aromatic rings. The van der Waals surface area contributed by atoms with E-state index < -0.39 is 0 Å². The summed E-state index contributed by atoms with van der Waals surface area (Å²) in [5, 5.41) is 3.58. The first-order chi connectivity index (χ1) is 7.79. The van der Waals surface area contributed by atoms with Crippen molar-refractivity contribution in [2.24, 2.45) is 0 Å². The number of nitrogens with one attached hydrogen (secondary N) is 1. The molecule has 2 rings (SSSR count). The molecule has 88 valence electrons. The molecule has 0 amide bonds. The molecule has 1 N–H and O–H groups in total. The first-order valence-electron chi connectivity index (χ1n) is 5.89. The molecular formula is C13H18ClNO. The van der Waals surface area contributed by atoms with Gasteiger partial charge < -0.3 is 10.1 Å². The Kier molecular flexibility index (Phi) is 4.08. The van der Waals surface area contributed by atoms with Crippen molar-refractivity contribution in [3.05, 3.63) is 29.8 Å². The van der Waals surface area contributed by atoms with Crippen molar-refractivity contribution in [3.8, 4) is 5.75 Å². The van der Waals surface area contributed by atoms with Crippen LogP contribution in [0.3, 0.4) is 0 Å². The molecule has 0 bridgehead atoms. The SMILES string of the molecule is CCC(Cl)CNCC1Cc2ccccc2O1. The van der Waals surface area contributed by atoms with Crippen LogP contribution >= 0.6 is 11.6 Å². The van der Waals surface area contributed by atoms with Crippen molar-refractivity contribution >= 4 is 11.6 Å². The van der Waals surface area contributed by atoms with Crippen molar-refractivity contribution in [2.45, 2.75) is 31.2 Å². The number of rotatable bonds is 5. The molecule has 0 aromatic heterocycles. The Hall–Kier alpha value is -0.730. The minimum atomic E-state index is 0.226. The van der Waals surface area contributed by atoms with Crippen LogP contribution in [0.4, 0.5) is 0 Å². The Morgan fingerprint density at radius 1 is 1.50 bits per heavy atom. The van der Waals surface area contributed by atoms with E-state index in [9.17, 15) is 0 Å². The summed E-state index contributed by atoms with van der Waals surface area (Å²) >= 11 is 6.04. The second kappa shape index (κ2) is 5.55. The molecule has 0 aliphatic carbocycles. The van der Waals surface area contributed by atoms with Crippen LogP contribution in [0.25, 0.3) is 0 Å². The number of halogens is 1. The summed E-state index contributed by atoms with van der Waals surface area (Å²) in [4.78, 5) is 0. The average Bonchev–Trinajstić information content (AvgIpc) is 2.71. The summed E-state index contributed by atoms with van der Waals surface area (Å²) in [6.45, 7) is 3.83. The zero-order chi connectivity index (χ0) is 11.4. The fourth-order valence-corrected chi connectivity index (χ4v) is 2.02. The zero-order valence-corrected chi connectivity index (χ0v) is 10.3. The number of hydrogen-bond acceptors (Lipinski definition) is 2. The van der Waals surface area contributed by atoms with Gasteiger partial charge in [-0.3, -0.25) is 0 Å². The predicted molar refractivity (Wildman–Crippen MR) is 67.4 cm³/mol. The molecule has 1 aliphatic rings. The van der Waals surface area contributed by atoms with Crippen molar-refractivity contribution in [2.75, 3.05) is 13.1 Å². The minimum absolute atomic E-state index is 0.226. The van der Waals surface area contributed by atoms with Crippen LogP contribution in [0.5, 0.6) is 5.75 Å².